The number of nitrogens with one attached hydrogen (secondary N) is 1. The second kappa shape index (κ2) is 6.55. The van der Waals surface area contributed by atoms with Crippen LogP contribution in [-0.2, 0) is 10.3 Å². The summed E-state index contributed by atoms with van der Waals surface area (Å²) in [5.41, 5.74) is 6.22. The van der Waals surface area contributed by atoms with Crippen LogP contribution in [-0.4, -0.2) is 12.5 Å². The van der Waals surface area contributed by atoms with Gasteiger partial charge in [-0.15, -0.1) is 0 Å². The summed E-state index contributed by atoms with van der Waals surface area (Å²) in [5, 5.41) is 3.53. The summed E-state index contributed by atoms with van der Waals surface area (Å²) in [4.78, 5) is 11.4. The molecule has 3 nitrogen and oxygen atoms in total. The molecular formula is C15H24N2O. The van der Waals surface area contributed by atoms with Crippen LogP contribution in [0.25, 0.3) is 0 Å². The maximum atomic E-state index is 11.4. The number of carbonyl (C=O) groups excluding carboxylic acids is 1. The summed E-state index contributed by atoms with van der Waals surface area (Å²) in [5.74, 6) is 0.0232. The minimum atomic E-state index is -0.358. The maximum absolute atomic E-state index is 11.4. The molecule has 0 fully saturated rings. The van der Waals surface area contributed by atoms with Crippen molar-refractivity contribution in [1.29, 1.82) is 0 Å². The predicted octanol–water partition coefficient (Wildman–Crippen LogP) is 2.41. The van der Waals surface area contributed by atoms with Crippen LogP contribution in [0.4, 0.5) is 0 Å². The van der Waals surface area contributed by atoms with Crippen LogP contribution in [0.3, 0.4) is 0 Å². The first kappa shape index (κ1) is 14.7. The molecule has 0 radical (unpaired) electrons. The number of rotatable bonds is 7. The van der Waals surface area contributed by atoms with Crippen molar-refractivity contribution >= 4 is 5.91 Å². The molecule has 0 aromatic heterocycles. The molecule has 100 valence electrons. The van der Waals surface area contributed by atoms with E-state index < -0.39 is 0 Å². The van der Waals surface area contributed by atoms with E-state index in [1.165, 1.54) is 0 Å². The molecule has 1 atom stereocenters. The Balaban J connectivity index is 3.15. The van der Waals surface area contributed by atoms with Crippen LogP contribution in [0.5, 0.6) is 0 Å². The molecule has 0 aliphatic heterocycles. The number of benzene rings is 1. The number of nitrogens with two attached hydrogens (primary N) is 1. The van der Waals surface area contributed by atoms with E-state index in [1.807, 2.05) is 18.2 Å². The lowest BCUT2D eigenvalue weighted by Gasteiger charge is -2.38. The molecule has 0 aliphatic rings. The molecule has 1 rings (SSSR count). The van der Waals surface area contributed by atoms with Gasteiger partial charge in [0.15, 0.2) is 0 Å². The molecule has 0 heterocycles. The van der Waals surface area contributed by atoms with E-state index in [-0.39, 0.29) is 11.4 Å². The second-order valence-corrected chi connectivity index (χ2v) is 5.06. The normalized spacial score (nSPS) is 14.4. The average molecular weight is 248 g/mol. The van der Waals surface area contributed by atoms with Crippen LogP contribution >= 0.6 is 0 Å². The first-order valence-electron chi connectivity index (χ1n) is 6.61. The van der Waals surface area contributed by atoms with Crippen molar-refractivity contribution in [2.75, 3.05) is 6.54 Å². The van der Waals surface area contributed by atoms with Crippen molar-refractivity contribution in [3.05, 3.63) is 35.9 Å². The Hall–Kier alpha value is -1.35. The minimum Gasteiger partial charge on any atom is -0.370 e. The number of primary amides is 1. The molecule has 1 unspecified atom stereocenters. The van der Waals surface area contributed by atoms with Crippen LogP contribution in [0.15, 0.2) is 30.3 Å². The summed E-state index contributed by atoms with van der Waals surface area (Å²) < 4.78 is 0. The fraction of sp³-hybridized carbons (Fsp3) is 0.533. The van der Waals surface area contributed by atoms with Crippen molar-refractivity contribution in [2.45, 2.75) is 39.2 Å². The van der Waals surface area contributed by atoms with Gasteiger partial charge in [-0.25, -0.2) is 0 Å². The number of hydrogen-bond acceptors (Lipinski definition) is 2. The standard InChI is InChI=1S/C15H24N2O/c1-4-10-17-15(12(2)3,11-14(16)18)13-8-6-5-7-9-13/h5-9,12,17H,4,10-11H2,1-3H3,(H2,16,18). The summed E-state index contributed by atoms with van der Waals surface area (Å²) in [6.07, 6.45) is 1.36. The lowest BCUT2D eigenvalue weighted by molar-refractivity contribution is -0.120. The molecule has 1 aromatic carbocycles. The summed E-state index contributed by atoms with van der Waals surface area (Å²) in [6.45, 7) is 7.24. The lowest BCUT2D eigenvalue weighted by Crippen LogP contribution is -2.49. The van der Waals surface area contributed by atoms with E-state index in [0.29, 0.717) is 12.3 Å². The molecule has 18 heavy (non-hydrogen) atoms. The van der Waals surface area contributed by atoms with Gasteiger partial charge in [0.1, 0.15) is 0 Å². The van der Waals surface area contributed by atoms with E-state index in [0.717, 1.165) is 18.5 Å². The maximum Gasteiger partial charge on any atom is 0.219 e. The van der Waals surface area contributed by atoms with E-state index in [9.17, 15) is 4.79 Å². The second-order valence-electron chi connectivity index (χ2n) is 5.06. The zero-order valence-electron chi connectivity index (χ0n) is 11.6. The van der Waals surface area contributed by atoms with Crippen molar-refractivity contribution < 1.29 is 4.79 Å². The first-order valence-corrected chi connectivity index (χ1v) is 6.61. The molecular weight excluding hydrogens is 224 g/mol. The van der Waals surface area contributed by atoms with Gasteiger partial charge < -0.3 is 11.1 Å². The monoisotopic (exact) mass is 248 g/mol. The van der Waals surface area contributed by atoms with E-state index in [1.54, 1.807) is 0 Å². The van der Waals surface area contributed by atoms with E-state index in [4.69, 9.17) is 5.73 Å². The van der Waals surface area contributed by atoms with Gasteiger partial charge in [0, 0.05) is 6.42 Å². The average Bonchev–Trinajstić information content (AvgIpc) is 2.34. The zero-order valence-corrected chi connectivity index (χ0v) is 11.6. The van der Waals surface area contributed by atoms with E-state index in [2.05, 4.69) is 38.2 Å². The summed E-state index contributed by atoms with van der Waals surface area (Å²) in [6, 6.07) is 10.1. The molecule has 0 aliphatic carbocycles. The van der Waals surface area contributed by atoms with Gasteiger partial charge in [-0.2, -0.15) is 0 Å². The van der Waals surface area contributed by atoms with Crippen molar-refractivity contribution in [3.63, 3.8) is 0 Å². The smallest absolute Gasteiger partial charge is 0.219 e. The molecule has 0 saturated carbocycles. The van der Waals surface area contributed by atoms with Crippen LogP contribution in [0.2, 0.25) is 0 Å². The topological polar surface area (TPSA) is 55.1 Å². The molecule has 0 saturated heterocycles. The Morgan fingerprint density at radius 2 is 1.94 bits per heavy atom. The SMILES string of the molecule is CCCNC(CC(N)=O)(c1ccccc1)C(C)C. The van der Waals surface area contributed by atoms with Crippen molar-refractivity contribution in [1.82, 2.24) is 5.32 Å². The van der Waals surface area contributed by atoms with Crippen LogP contribution in [0, 0.1) is 5.92 Å². The lowest BCUT2D eigenvalue weighted by atomic mass is 9.77. The fourth-order valence-corrected chi connectivity index (χ4v) is 2.37. The Bertz CT molecular complexity index is 375. The minimum absolute atomic E-state index is 0.267. The zero-order chi connectivity index (χ0) is 13.6. The molecule has 3 heteroatoms. The first-order chi connectivity index (χ1) is 8.53. The molecule has 3 N–H and O–H groups in total. The van der Waals surface area contributed by atoms with Gasteiger partial charge >= 0.3 is 0 Å². The highest BCUT2D eigenvalue weighted by Gasteiger charge is 2.36. The largest absolute Gasteiger partial charge is 0.370 e. The molecule has 0 bridgehead atoms. The molecule has 1 amide bonds. The highest BCUT2D eigenvalue weighted by Crippen LogP contribution is 2.33. The number of hydrogen-bond donors (Lipinski definition) is 2. The van der Waals surface area contributed by atoms with Crippen molar-refractivity contribution in [3.8, 4) is 0 Å². The number of carbonyl (C=O) groups is 1. The Labute approximate surface area is 110 Å². The fourth-order valence-electron chi connectivity index (χ4n) is 2.37. The third-order valence-corrected chi connectivity index (χ3v) is 3.42. The summed E-state index contributed by atoms with van der Waals surface area (Å²) in [7, 11) is 0. The Kier molecular flexibility index (Phi) is 5.35. The quantitative estimate of drug-likeness (QED) is 0.778. The summed E-state index contributed by atoms with van der Waals surface area (Å²) >= 11 is 0. The van der Waals surface area contributed by atoms with Gasteiger partial charge in [0.2, 0.25) is 5.91 Å². The Morgan fingerprint density at radius 3 is 2.39 bits per heavy atom. The number of amides is 1. The molecule has 1 aromatic rings. The van der Waals surface area contributed by atoms with Gasteiger partial charge in [0.25, 0.3) is 0 Å². The highest BCUT2D eigenvalue weighted by atomic mass is 16.1. The predicted molar refractivity (Wildman–Crippen MR) is 75.1 cm³/mol. The van der Waals surface area contributed by atoms with Gasteiger partial charge in [-0.3, -0.25) is 4.79 Å². The molecule has 0 spiro atoms. The Morgan fingerprint density at radius 1 is 1.33 bits per heavy atom. The van der Waals surface area contributed by atoms with E-state index >= 15 is 0 Å². The highest BCUT2D eigenvalue weighted by molar-refractivity contribution is 5.75. The third kappa shape index (κ3) is 3.33. The third-order valence-electron chi connectivity index (χ3n) is 3.42. The van der Waals surface area contributed by atoms with Gasteiger partial charge in [-0.1, -0.05) is 51.1 Å². The van der Waals surface area contributed by atoms with Crippen molar-refractivity contribution in [2.24, 2.45) is 11.7 Å². The van der Waals surface area contributed by atoms with Crippen LogP contribution in [0.1, 0.15) is 39.2 Å². The van der Waals surface area contributed by atoms with Gasteiger partial charge in [-0.05, 0) is 24.4 Å². The van der Waals surface area contributed by atoms with Crippen LogP contribution < -0.4 is 11.1 Å². The van der Waals surface area contributed by atoms with Gasteiger partial charge in [0.05, 0.1) is 5.54 Å².